The number of urea groups is 2. The van der Waals surface area contributed by atoms with E-state index in [9.17, 15) is 9.59 Å². The average molecular weight is 187 g/mol. The molecular formula is C7H15N4O2+. The summed E-state index contributed by atoms with van der Waals surface area (Å²) in [4.78, 5) is 21.8. The van der Waals surface area contributed by atoms with Crippen molar-refractivity contribution in [3.63, 3.8) is 0 Å². The molecule has 0 spiro atoms. The molecule has 1 aliphatic heterocycles. The fraction of sp³-hybridized carbons (Fsp3) is 0.714. The summed E-state index contributed by atoms with van der Waals surface area (Å²) in [6.45, 7) is 1.08. The number of rotatable bonds is 0. The van der Waals surface area contributed by atoms with Crippen LogP contribution in [0.5, 0.6) is 0 Å². The lowest BCUT2D eigenvalue weighted by atomic mass is 10.1. The van der Waals surface area contributed by atoms with Crippen LogP contribution in [0.4, 0.5) is 9.59 Å². The molecule has 5 N–H and O–H groups in total. The Bertz CT molecular complexity index is 223. The number of carbonyl (C=O) groups excluding carboxylic acids is 2. The Balaban J connectivity index is 2.73. The summed E-state index contributed by atoms with van der Waals surface area (Å²) in [6, 6.07) is -1.25. The zero-order valence-corrected chi connectivity index (χ0v) is 7.45. The maximum atomic E-state index is 11.1. The van der Waals surface area contributed by atoms with Crippen LogP contribution in [-0.4, -0.2) is 29.7 Å². The highest BCUT2D eigenvalue weighted by Gasteiger charge is 2.38. The van der Waals surface area contributed by atoms with Crippen LogP contribution in [0.15, 0.2) is 0 Å². The minimum absolute atomic E-state index is 0.199. The first-order chi connectivity index (χ1) is 6.07. The molecule has 0 aromatic heterocycles. The normalized spacial score (nSPS) is 20.6. The zero-order valence-electron chi connectivity index (χ0n) is 7.45. The molecule has 0 aliphatic carbocycles. The maximum absolute atomic E-state index is 11.1. The first kappa shape index (κ1) is 9.79. The molecule has 6 heteroatoms. The number of carbonyl (C=O) groups is 2. The lowest BCUT2D eigenvalue weighted by Crippen LogP contribution is -2.68. The third-order valence-corrected chi connectivity index (χ3v) is 2.33. The summed E-state index contributed by atoms with van der Waals surface area (Å²) in [5.41, 5.74) is 12.6. The van der Waals surface area contributed by atoms with Crippen molar-refractivity contribution in [2.24, 2.45) is 11.5 Å². The molecule has 1 fully saturated rings. The Kier molecular flexibility index (Phi) is 2.72. The summed E-state index contributed by atoms with van der Waals surface area (Å²) in [5.74, 6) is 0. The van der Waals surface area contributed by atoms with Gasteiger partial charge in [-0.05, 0) is 19.3 Å². The van der Waals surface area contributed by atoms with Gasteiger partial charge < -0.3 is 11.5 Å². The van der Waals surface area contributed by atoms with Crippen molar-refractivity contribution < 1.29 is 14.2 Å². The number of piperidine rings is 1. The number of quaternary nitrogens is 1. The van der Waals surface area contributed by atoms with Crippen LogP contribution in [0.1, 0.15) is 19.3 Å². The molecule has 4 amide bonds. The molecule has 0 aromatic rings. The monoisotopic (exact) mass is 187 g/mol. The van der Waals surface area contributed by atoms with E-state index in [2.05, 4.69) is 5.43 Å². The maximum Gasteiger partial charge on any atom is 0.438 e. The molecule has 0 atom stereocenters. The van der Waals surface area contributed by atoms with Crippen LogP contribution in [0.25, 0.3) is 0 Å². The second-order valence-electron chi connectivity index (χ2n) is 3.29. The first-order valence-electron chi connectivity index (χ1n) is 4.32. The summed E-state index contributed by atoms with van der Waals surface area (Å²) >= 11 is 0. The molecule has 0 unspecified atom stereocenters. The Labute approximate surface area is 76.4 Å². The van der Waals surface area contributed by atoms with Gasteiger partial charge >= 0.3 is 12.1 Å². The molecule has 0 radical (unpaired) electrons. The number of primary amides is 2. The predicted molar refractivity (Wildman–Crippen MR) is 46.1 cm³/mol. The van der Waals surface area contributed by atoms with Gasteiger partial charge in [-0.1, -0.05) is 0 Å². The second kappa shape index (κ2) is 3.61. The highest BCUT2D eigenvalue weighted by atomic mass is 16.2. The highest BCUT2D eigenvalue weighted by molar-refractivity contribution is 5.73. The number of nitrogens with zero attached hydrogens (tertiary/aromatic N) is 1. The largest absolute Gasteiger partial charge is 0.438 e. The molecular weight excluding hydrogens is 172 g/mol. The van der Waals surface area contributed by atoms with Gasteiger partial charge in [0.1, 0.15) is 13.1 Å². The summed E-state index contributed by atoms with van der Waals surface area (Å²) in [5, 5.41) is 0. The lowest BCUT2D eigenvalue weighted by molar-refractivity contribution is -0.889. The van der Waals surface area contributed by atoms with Gasteiger partial charge in [0.05, 0.1) is 0 Å². The molecule has 1 saturated heterocycles. The van der Waals surface area contributed by atoms with Gasteiger partial charge in [0.15, 0.2) is 0 Å². The van der Waals surface area contributed by atoms with E-state index < -0.39 is 12.1 Å². The van der Waals surface area contributed by atoms with E-state index >= 15 is 0 Å². The molecule has 6 nitrogen and oxygen atoms in total. The fourth-order valence-electron chi connectivity index (χ4n) is 1.65. The SMILES string of the molecule is NC(=O)N[N+]1(C(N)=O)CCCCC1. The molecule has 1 heterocycles. The minimum atomic E-state index is -0.708. The quantitative estimate of drug-likeness (QED) is 0.452. The highest BCUT2D eigenvalue weighted by Crippen LogP contribution is 2.15. The van der Waals surface area contributed by atoms with Gasteiger partial charge in [0, 0.05) is 0 Å². The second-order valence-corrected chi connectivity index (χ2v) is 3.29. The summed E-state index contributed by atoms with van der Waals surface area (Å²) < 4.78 is -0.199. The van der Waals surface area contributed by atoms with Gasteiger partial charge in [0.25, 0.3) is 0 Å². The van der Waals surface area contributed by atoms with Gasteiger partial charge in [-0.3, -0.25) is 0 Å². The number of hydrogen-bond acceptors (Lipinski definition) is 2. The van der Waals surface area contributed by atoms with Crippen LogP contribution in [0.2, 0.25) is 0 Å². The van der Waals surface area contributed by atoms with E-state index in [0.717, 1.165) is 19.3 Å². The van der Waals surface area contributed by atoms with Crippen molar-refractivity contribution in [3.8, 4) is 0 Å². The topological polar surface area (TPSA) is 98.2 Å². The van der Waals surface area contributed by atoms with Crippen LogP contribution in [0.3, 0.4) is 0 Å². The number of nitrogens with two attached hydrogens (primary N) is 2. The summed E-state index contributed by atoms with van der Waals surface area (Å²) in [6.07, 6.45) is 2.82. The van der Waals surface area contributed by atoms with Crippen LogP contribution >= 0.6 is 0 Å². The van der Waals surface area contributed by atoms with Crippen molar-refractivity contribution >= 4 is 12.1 Å². The fourth-order valence-corrected chi connectivity index (χ4v) is 1.65. The Morgan fingerprint density at radius 3 is 2.00 bits per heavy atom. The molecule has 1 aliphatic rings. The smallest absolute Gasteiger partial charge is 0.348 e. The molecule has 0 saturated carbocycles. The molecule has 0 bridgehead atoms. The summed E-state index contributed by atoms with van der Waals surface area (Å²) in [7, 11) is 0. The third-order valence-electron chi connectivity index (χ3n) is 2.33. The Morgan fingerprint density at radius 2 is 1.62 bits per heavy atom. The minimum Gasteiger partial charge on any atom is -0.348 e. The van der Waals surface area contributed by atoms with Crippen molar-refractivity contribution in [1.82, 2.24) is 5.43 Å². The van der Waals surface area contributed by atoms with E-state index in [1.807, 2.05) is 0 Å². The third kappa shape index (κ3) is 2.09. The van der Waals surface area contributed by atoms with Crippen molar-refractivity contribution in [3.05, 3.63) is 0 Å². The first-order valence-corrected chi connectivity index (χ1v) is 4.32. The number of amides is 4. The molecule has 0 aromatic carbocycles. The van der Waals surface area contributed by atoms with E-state index in [4.69, 9.17) is 11.5 Å². The standard InChI is InChI=1S/C7H14N4O2/c8-6(12)10-11(7(9)13)4-2-1-3-5-11/h1-5H2,(H4-,8,9,10,12,13)/p+1. The lowest BCUT2D eigenvalue weighted by Gasteiger charge is -2.35. The predicted octanol–water partition coefficient (Wildman–Crippen LogP) is -0.351. The number of hydrogen-bond donors (Lipinski definition) is 3. The van der Waals surface area contributed by atoms with Gasteiger partial charge in [-0.25, -0.2) is 9.59 Å². The molecule has 74 valence electrons. The van der Waals surface area contributed by atoms with E-state index in [-0.39, 0.29) is 4.59 Å². The van der Waals surface area contributed by atoms with Crippen LogP contribution < -0.4 is 16.9 Å². The van der Waals surface area contributed by atoms with Crippen LogP contribution in [-0.2, 0) is 0 Å². The van der Waals surface area contributed by atoms with Crippen molar-refractivity contribution in [2.45, 2.75) is 19.3 Å². The number of nitrogens with one attached hydrogen (secondary N) is 1. The van der Waals surface area contributed by atoms with Crippen molar-refractivity contribution in [1.29, 1.82) is 0 Å². The zero-order chi connectivity index (χ0) is 9.90. The van der Waals surface area contributed by atoms with Gasteiger partial charge in [-0.15, -0.1) is 4.59 Å². The van der Waals surface area contributed by atoms with E-state index in [0.29, 0.717) is 13.1 Å². The van der Waals surface area contributed by atoms with Gasteiger partial charge in [0.2, 0.25) is 0 Å². The van der Waals surface area contributed by atoms with E-state index in [1.54, 1.807) is 0 Å². The number of likely N-dealkylation sites (tertiary alicyclic amines) is 1. The molecule has 1 rings (SSSR count). The molecule has 13 heavy (non-hydrogen) atoms. The average Bonchev–Trinajstić information content (AvgIpc) is 2.04. The Morgan fingerprint density at radius 1 is 1.08 bits per heavy atom. The van der Waals surface area contributed by atoms with Crippen LogP contribution in [0, 0.1) is 0 Å². The Hall–Kier alpha value is -1.30. The van der Waals surface area contributed by atoms with Gasteiger partial charge in [-0.2, -0.15) is 5.43 Å². The van der Waals surface area contributed by atoms with E-state index in [1.165, 1.54) is 0 Å². The van der Waals surface area contributed by atoms with Crippen molar-refractivity contribution in [2.75, 3.05) is 13.1 Å².